The first kappa shape index (κ1) is 24.3. The van der Waals surface area contributed by atoms with E-state index in [9.17, 15) is 14.0 Å². The van der Waals surface area contributed by atoms with Crippen LogP contribution in [0.2, 0.25) is 5.02 Å². The van der Waals surface area contributed by atoms with E-state index in [1.807, 2.05) is 6.92 Å². The maximum atomic E-state index is 14.1. The highest BCUT2D eigenvalue weighted by molar-refractivity contribution is 6.30. The summed E-state index contributed by atoms with van der Waals surface area (Å²) in [6.07, 6.45) is 2.76. The van der Waals surface area contributed by atoms with Gasteiger partial charge in [0.05, 0.1) is 6.04 Å². The number of carbonyl (C=O) groups is 2. The van der Waals surface area contributed by atoms with Crippen molar-refractivity contribution in [2.75, 3.05) is 12.3 Å². The molecule has 0 aliphatic carbocycles. The van der Waals surface area contributed by atoms with E-state index in [1.165, 1.54) is 18.2 Å². The lowest BCUT2D eigenvalue weighted by Crippen LogP contribution is -2.45. The molecule has 2 aromatic carbocycles. The van der Waals surface area contributed by atoms with E-state index in [2.05, 4.69) is 11.7 Å². The highest BCUT2D eigenvalue weighted by Gasteiger charge is 2.32. The number of benzene rings is 2. The lowest BCUT2D eigenvalue weighted by atomic mass is 9.99. The molecule has 2 amide bonds. The fourth-order valence-electron chi connectivity index (χ4n) is 4.25. The van der Waals surface area contributed by atoms with Crippen molar-refractivity contribution in [1.29, 1.82) is 0 Å². The molecule has 2 heterocycles. The molecule has 182 valence electrons. The van der Waals surface area contributed by atoms with Gasteiger partial charge in [-0.1, -0.05) is 18.2 Å². The fraction of sp³-hybridized carbons (Fsp3) is 0.240. The number of anilines is 1. The number of piperidine rings is 1. The number of halogens is 2. The predicted molar refractivity (Wildman–Crippen MR) is 132 cm³/mol. The third kappa shape index (κ3) is 4.85. The Kier molecular flexibility index (Phi) is 6.79. The standard InChI is InChI=1S/C25H25ClFN5O3/c1-3-21(33)31-13-17(8-4-14(31)2)32-24(28)22(25(29)34)23(30-32)15-5-9-18(10-6-15)35-20-11-7-16(26)12-19(20)27/h3,5-7,9-12,14,17H,1,4,8,13,28H2,2H3,(H2,29,34). The second-order valence-electron chi connectivity index (χ2n) is 8.39. The Morgan fingerprint density at radius 1 is 1.23 bits per heavy atom. The second kappa shape index (κ2) is 9.79. The number of primary amides is 1. The number of aromatic nitrogens is 2. The Morgan fingerprint density at radius 3 is 2.57 bits per heavy atom. The van der Waals surface area contributed by atoms with Gasteiger partial charge in [-0.15, -0.1) is 0 Å². The molecular formula is C25H25ClFN5O3. The molecule has 1 saturated heterocycles. The van der Waals surface area contributed by atoms with Crippen molar-refractivity contribution in [3.63, 3.8) is 0 Å². The van der Waals surface area contributed by atoms with Gasteiger partial charge >= 0.3 is 0 Å². The summed E-state index contributed by atoms with van der Waals surface area (Å²) in [5.74, 6) is -0.926. The van der Waals surface area contributed by atoms with Gasteiger partial charge < -0.3 is 21.1 Å². The number of ether oxygens (including phenoxy) is 1. The first-order chi connectivity index (χ1) is 16.7. The van der Waals surface area contributed by atoms with Crippen LogP contribution < -0.4 is 16.2 Å². The summed E-state index contributed by atoms with van der Waals surface area (Å²) in [5, 5.41) is 4.88. The average molecular weight is 498 g/mol. The Hall–Kier alpha value is -3.85. The number of nitrogens with two attached hydrogens (primary N) is 2. The van der Waals surface area contributed by atoms with Crippen LogP contribution >= 0.6 is 11.6 Å². The molecule has 1 aliphatic heterocycles. The monoisotopic (exact) mass is 497 g/mol. The highest BCUT2D eigenvalue weighted by atomic mass is 35.5. The second-order valence-corrected chi connectivity index (χ2v) is 8.83. The summed E-state index contributed by atoms with van der Waals surface area (Å²) in [5.41, 5.74) is 13.0. The molecule has 3 aromatic rings. The maximum Gasteiger partial charge on any atom is 0.254 e. The summed E-state index contributed by atoms with van der Waals surface area (Å²) in [6.45, 7) is 5.93. The number of amides is 2. The zero-order valence-corrected chi connectivity index (χ0v) is 19.8. The SMILES string of the molecule is C=CC(=O)N1CC(n2nc(-c3ccc(Oc4ccc(Cl)cc4F)cc3)c(C(N)=O)c2N)CCC1C. The first-order valence-corrected chi connectivity index (χ1v) is 11.4. The van der Waals surface area contributed by atoms with E-state index in [0.29, 0.717) is 23.6 Å². The Labute approximate surface area is 206 Å². The Bertz CT molecular complexity index is 1290. The minimum Gasteiger partial charge on any atom is -0.454 e. The molecule has 0 radical (unpaired) electrons. The third-order valence-corrected chi connectivity index (χ3v) is 6.34. The summed E-state index contributed by atoms with van der Waals surface area (Å²) >= 11 is 5.78. The van der Waals surface area contributed by atoms with Crippen LogP contribution in [0.1, 0.15) is 36.2 Å². The van der Waals surface area contributed by atoms with Gasteiger partial charge in [-0.05, 0) is 68.3 Å². The van der Waals surface area contributed by atoms with Crippen LogP contribution in [-0.4, -0.2) is 39.1 Å². The smallest absolute Gasteiger partial charge is 0.254 e. The normalized spacial score (nSPS) is 17.7. The molecule has 8 nitrogen and oxygen atoms in total. The van der Waals surface area contributed by atoms with Gasteiger partial charge in [0.2, 0.25) is 5.91 Å². The molecule has 0 bridgehead atoms. The molecule has 2 unspecified atom stereocenters. The van der Waals surface area contributed by atoms with Gasteiger partial charge in [-0.3, -0.25) is 9.59 Å². The van der Waals surface area contributed by atoms with E-state index in [-0.39, 0.29) is 40.1 Å². The van der Waals surface area contributed by atoms with E-state index < -0.39 is 11.7 Å². The van der Waals surface area contributed by atoms with Crippen molar-refractivity contribution in [1.82, 2.24) is 14.7 Å². The molecule has 0 spiro atoms. The predicted octanol–water partition coefficient (Wildman–Crippen LogP) is 4.55. The molecule has 35 heavy (non-hydrogen) atoms. The highest BCUT2D eigenvalue weighted by Crippen LogP contribution is 2.34. The number of nitrogens with zero attached hydrogens (tertiary/aromatic N) is 3. The summed E-state index contributed by atoms with van der Waals surface area (Å²) in [4.78, 5) is 26.3. The zero-order valence-electron chi connectivity index (χ0n) is 19.1. The molecule has 4 N–H and O–H groups in total. The van der Waals surface area contributed by atoms with Crippen molar-refractivity contribution in [2.24, 2.45) is 5.73 Å². The lowest BCUT2D eigenvalue weighted by Gasteiger charge is -2.37. The van der Waals surface area contributed by atoms with Crippen LogP contribution in [0.4, 0.5) is 10.2 Å². The van der Waals surface area contributed by atoms with Gasteiger partial charge in [0.1, 0.15) is 22.8 Å². The average Bonchev–Trinajstić information content (AvgIpc) is 3.18. The summed E-state index contributed by atoms with van der Waals surface area (Å²) in [6, 6.07) is 10.6. The Morgan fingerprint density at radius 2 is 1.94 bits per heavy atom. The van der Waals surface area contributed by atoms with Crippen molar-refractivity contribution in [3.05, 3.63) is 71.5 Å². The topological polar surface area (TPSA) is 116 Å². The van der Waals surface area contributed by atoms with E-state index in [4.69, 9.17) is 27.8 Å². The minimum absolute atomic E-state index is 0.0265. The molecule has 1 aromatic heterocycles. The van der Waals surface area contributed by atoms with Gasteiger partial charge in [-0.25, -0.2) is 9.07 Å². The van der Waals surface area contributed by atoms with E-state index in [0.717, 1.165) is 18.9 Å². The third-order valence-electron chi connectivity index (χ3n) is 6.10. The van der Waals surface area contributed by atoms with Crippen LogP contribution in [0.3, 0.4) is 0 Å². The van der Waals surface area contributed by atoms with Gasteiger partial charge in [0, 0.05) is 23.2 Å². The van der Waals surface area contributed by atoms with Crippen LogP contribution in [0.15, 0.2) is 55.1 Å². The number of rotatable bonds is 6. The lowest BCUT2D eigenvalue weighted by molar-refractivity contribution is -0.130. The maximum absolute atomic E-state index is 14.1. The fourth-order valence-corrected chi connectivity index (χ4v) is 4.41. The van der Waals surface area contributed by atoms with Crippen LogP contribution in [0.25, 0.3) is 11.3 Å². The van der Waals surface area contributed by atoms with Crippen molar-refractivity contribution in [3.8, 4) is 22.8 Å². The molecule has 4 rings (SSSR count). The van der Waals surface area contributed by atoms with Gasteiger partial charge in [-0.2, -0.15) is 5.10 Å². The van der Waals surface area contributed by atoms with Gasteiger partial charge in [0.25, 0.3) is 5.91 Å². The van der Waals surface area contributed by atoms with Crippen LogP contribution in [0.5, 0.6) is 11.5 Å². The zero-order chi connectivity index (χ0) is 25.3. The number of hydrogen-bond donors (Lipinski definition) is 2. The molecule has 1 fully saturated rings. The molecule has 0 saturated carbocycles. The van der Waals surface area contributed by atoms with Crippen molar-refractivity contribution >= 4 is 29.2 Å². The summed E-state index contributed by atoms with van der Waals surface area (Å²) < 4.78 is 21.2. The first-order valence-electron chi connectivity index (χ1n) is 11.0. The number of nitrogen functional groups attached to an aromatic ring is 1. The van der Waals surface area contributed by atoms with Crippen molar-refractivity contribution < 1.29 is 18.7 Å². The quantitative estimate of drug-likeness (QED) is 0.484. The number of likely N-dealkylation sites (tertiary alicyclic amines) is 1. The largest absolute Gasteiger partial charge is 0.454 e. The number of hydrogen-bond acceptors (Lipinski definition) is 5. The van der Waals surface area contributed by atoms with Crippen molar-refractivity contribution in [2.45, 2.75) is 31.8 Å². The van der Waals surface area contributed by atoms with Crippen LogP contribution in [-0.2, 0) is 4.79 Å². The molecule has 10 heteroatoms. The summed E-state index contributed by atoms with van der Waals surface area (Å²) in [7, 11) is 0. The minimum atomic E-state index is -0.712. The Balaban J connectivity index is 1.64. The van der Waals surface area contributed by atoms with E-state index in [1.54, 1.807) is 33.8 Å². The molecular weight excluding hydrogens is 473 g/mol. The number of carbonyl (C=O) groups excluding carboxylic acids is 2. The van der Waals surface area contributed by atoms with Crippen LogP contribution in [0, 0.1) is 5.82 Å². The molecule has 1 aliphatic rings. The van der Waals surface area contributed by atoms with Gasteiger partial charge in [0.15, 0.2) is 11.6 Å². The molecule has 2 atom stereocenters. The van der Waals surface area contributed by atoms with E-state index >= 15 is 0 Å².